The van der Waals surface area contributed by atoms with Crippen LogP contribution in [0.25, 0.3) is 0 Å². The summed E-state index contributed by atoms with van der Waals surface area (Å²) in [4.78, 5) is 36.1. The monoisotopic (exact) mass is 346 g/mol. The highest BCUT2D eigenvalue weighted by Crippen LogP contribution is 2.65. The van der Waals surface area contributed by atoms with Crippen molar-refractivity contribution in [2.24, 2.45) is 34.5 Å². The Balaban J connectivity index is 1.66. The van der Waals surface area contributed by atoms with E-state index in [1.165, 1.54) is 6.92 Å². The quantitative estimate of drug-likeness (QED) is 0.715. The Kier molecular flexibility index (Phi) is 4.08. The molecule has 138 valence electrons. The second-order valence-corrected chi connectivity index (χ2v) is 9.33. The highest BCUT2D eigenvalue weighted by molar-refractivity contribution is 5.87. The molecule has 0 unspecified atom stereocenters. The zero-order chi connectivity index (χ0) is 17.8. The average molecular weight is 346 g/mol. The van der Waals surface area contributed by atoms with Crippen molar-refractivity contribution in [2.45, 2.75) is 71.6 Å². The van der Waals surface area contributed by atoms with Gasteiger partial charge in [-0.1, -0.05) is 6.92 Å². The fraction of sp³-hybridized carbons (Fsp3) is 0.857. The van der Waals surface area contributed by atoms with Crippen LogP contribution in [-0.2, 0) is 19.1 Å². The summed E-state index contributed by atoms with van der Waals surface area (Å²) >= 11 is 0. The number of rotatable bonds is 2. The van der Waals surface area contributed by atoms with Crippen molar-refractivity contribution in [3.05, 3.63) is 0 Å². The van der Waals surface area contributed by atoms with Crippen molar-refractivity contribution in [3.8, 4) is 0 Å². The molecule has 4 fully saturated rings. The number of hydrogen-bond donors (Lipinski definition) is 0. The molecule has 6 atom stereocenters. The van der Waals surface area contributed by atoms with E-state index in [0.29, 0.717) is 54.7 Å². The Hall–Kier alpha value is -1.19. The van der Waals surface area contributed by atoms with Crippen LogP contribution in [0, 0.1) is 34.5 Å². The molecule has 0 radical (unpaired) electrons. The zero-order valence-electron chi connectivity index (χ0n) is 15.5. The SMILES string of the molecule is CC(=O)OC[C@]12CCC(=O)C[C@@H]1CC[C@@H]1[C@@H]2CC[C@]2(C)C(=O)CC[C@@H]12. The summed E-state index contributed by atoms with van der Waals surface area (Å²) in [5.74, 6) is 2.53. The first-order valence-corrected chi connectivity index (χ1v) is 10.1. The molecule has 4 nitrogen and oxygen atoms in total. The van der Waals surface area contributed by atoms with E-state index >= 15 is 0 Å². The molecule has 4 saturated carbocycles. The summed E-state index contributed by atoms with van der Waals surface area (Å²) in [5, 5.41) is 0. The minimum atomic E-state index is -0.219. The maximum Gasteiger partial charge on any atom is 0.302 e. The molecule has 0 saturated heterocycles. The second kappa shape index (κ2) is 5.92. The zero-order valence-corrected chi connectivity index (χ0v) is 15.5. The van der Waals surface area contributed by atoms with Gasteiger partial charge in [0.25, 0.3) is 0 Å². The average Bonchev–Trinajstić information content (AvgIpc) is 2.88. The molecule has 25 heavy (non-hydrogen) atoms. The molecule has 0 aromatic heterocycles. The Labute approximate surface area is 150 Å². The summed E-state index contributed by atoms with van der Waals surface area (Å²) in [6.07, 6.45) is 8.13. The minimum Gasteiger partial charge on any atom is -0.465 e. The van der Waals surface area contributed by atoms with Gasteiger partial charge in [-0.15, -0.1) is 0 Å². The lowest BCUT2D eigenvalue weighted by Crippen LogP contribution is -2.56. The minimum absolute atomic E-state index is 0.0323. The lowest BCUT2D eigenvalue weighted by Gasteiger charge is -2.59. The molecule has 0 heterocycles. The normalized spacial score (nSPS) is 46.2. The molecular formula is C21H30O4. The van der Waals surface area contributed by atoms with Crippen LogP contribution < -0.4 is 0 Å². The first-order chi connectivity index (χ1) is 11.9. The lowest BCUT2D eigenvalue weighted by atomic mass is 9.45. The van der Waals surface area contributed by atoms with Gasteiger partial charge in [-0.2, -0.15) is 0 Å². The highest BCUT2D eigenvalue weighted by atomic mass is 16.5. The Bertz CT molecular complexity index is 611. The molecule has 0 spiro atoms. The third-order valence-electron chi connectivity index (χ3n) is 8.43. The number of ether oxygens (including phenoxy) is 1. The van der Waals surface area contributed by atoms with Gasteiger partial charge in [0, 0.05) is 37.0 Å². The smallest absolute Gasteiger partial charge is 0.302 e. The first kappa shape index (κ1) is 17.2. The molecule has 4 aliphatic carbocycles. The maximum atomic E-state index is 12.5. The van der Waals surface area contributed by atoms with Crippen LogP contribution in [-0.4, -0.2) is 24.1 Å². The standard InChI is InChI=1S/C21H30O4/c1-13(22)25-12-21-10-7-15(23)11-14(21)3-4-16-17-5-6-19(24)20(17,2)9-8-18(16)21/h14,16-18H,3-12H2,1-2H3/t14-,16-,17-,18-,20-,21+/m0/s1. The van der Waals surface area contributed by atoms with Gasteiger partial charge < -0.3 is 4.74 Å². The van der Waals surface area contributed by atoms with E-state index in [2.05, 4.69) is 6.92 Å². The molecule has 0 amide bonds. The van der Waals surface area contributed by atoms with Crippen LogP contribution in [0.3, 0.4) is 0 Å². The third kappa shape index (κ3) is 2.50. The number of fused-ring (bicyclic) bond motifs is 5. The van der Waals surface area contributed by atoms with Gasteiger partial charge in [0.05, 0.1) is 6.61 Å². The molecule has 4 rings (SSSR count). The number of hydrogen-bond acceptors (Lipinski definition) is 4. The van der Waals surface area contributed by atoms with Crippen LogP contribution in [0.4, 0.5) is 0 Å². The molecule has 0 aliphatic heterocycles. The number of Topliss-reactive ketones (excluding diaryl/α,β-unsaturated/α-hetero) is 2. The highest BCUT2D eigenvalue weighted by Gasteiger charge is 2.61. The molecule has 4 heteroatoms. The number of carbonyl (C=O) groups is 3. The summed E-state index contributed by atoms with van der Waals surface area (Å²) < 4.78 is 5.57. The number of ketones is 2. The number of carbonyl (C=O) groups excluding carboxylic acids is 3. The van der Waals surface area contributed by atoms with E-state index in [1.807, 2.05) is 0 Å². The summed E-state index contributed by atoms with van der Waals surface area (Å²) in [6.45, 7) is 4.14. The van der Waals surface area contributed by atoms with Crippen molar-refractivity contribution in [1.29, 1.82) is 0 Å². The van der Waals surface area contributed by atoms with Gasteiger partial charge in [0.2, 0.25) is 0 Å². The molecule has 0 N–H and O–H groups in total. The van der Waals surface area contributed by atoms with Gasteiger partial charge in [-0.25, -0.2) is 0 Å². The van der Waals surface area contributed by atoms with E-state index in [9.17, 15) is 14.4 Å². The van der Waals surface area contributed by atoms with Crippen LogP contribution in [0.15, 0.2) is 0 Å². The van der Waals surface area contributed by atoms with Crippen molar-refractivity contribution in [3.63, 3.8) is 0 Å². The summed E-state index contributed by atoms with van der Waals surface area (Å²) in [6, 6.07) is 0. The van der Waals surface area contributed by atoms with E-state index in [4.69, 9.17) is 4.74 Å². The van der Waals surface area contributed by atoms with Crippen molar-refractivity contribution in [1.82, 2.24) is 0 Å². The van der Waals surface area contributed by atoms with Crippen LogP contribution in [0.1, 0.15) is 71.6 Å². The first-order valence-electron chi connectivity index (χ1n) is 10.1. The van der Waals surface area contributed by atoms with Crippen LogP contribution >= 0.6 is 0 Å². The largest absolute Gasteiger partial charge is 0.465 e. The molecule has 0 aromatic rings. The summed E-state index contributed by atoms with van der Waals surface area (Å²) in [5.41, 5.74) is -0.156. The molecule has 0 bridgehead atoms. The van der Waals surface area contributed by atoms with Crippen molar-refractivity contribution < 1.29 is 19.1 Å². The fourth-order valence-electron chi connectivity index (χ4n) is 7.14. The van der Waals surface area contributed by atoms with Crippen LogP contribution in [0.2, 0.25) is 0 Å². The fourth-order valence-corrected chi connectivity index (χ4v) is 7.14. The van der Waals surface area contributed by atoms with Gasteiger partial charge >= 0.3 is 5.97 Å². The van der Waals surface area contributed by atoms with Crippen LogP contribution in [0.5, 0.6) is 0 Å². The van der Waals surface area contributed by atoms with E-state index < -0.39 is 0 Å². The molecule has 4 aliphatic rings. The van der Waals surface area contributed by atoms with Gasteiger partial charge in [0.1, 0.15) is 11.6 Å². The van der Waals surface area contributed by atoms with Crippen molar-refractivity contribution in [2.75, 3.05) is 6.61 Å². The van der Waals surface area contributed by atoms with E-state index in [0.717, 1.165) is 44.9 Å². The Morgan fingerprint density at radius 2 is 1.88 bits per heavy atom. The molecule has 0 aromatic carbocycles. The Morgan fingerprint density at radius 1 is 1.08 bits per heavy atom. The lowest BCUT2D eigenvalue weighted by molar-refractivity contribution is -0.169. The predicted octanol–water partition coefficient (Wildman–Crippen LogP) is 3.71. The third-order valence-corrected chi connectivity index (χ3v) is 8.43. The van der Waals surface area contributed by atoms with E-state index in [1.54, 1.807) is 0 Å². The van der Waals surface area contributed by atoms with Gasteiger partial charge in [-0.05, 0) is 62.2 Å². The van der Waals surface area contributed by atoms with Gasteiger partial charge in [-0.3, -0.25) is 14.4 Å². The topological polar surface area (TPSA) is 60.4 Å². The second-order valence-electron chi connectivity index (χ2n) is 9.33. The maximum absolute atomic E-state index is 12.5. The predicted molar refractivity (Wildman–Crippen MR) is 92.7 cm³/mol. The van der Waals surface area contributed by atoms with E-state index in [-0.39, 0.29) is 16.8 Å². The number of esters is 1. The molecular weight excluding hydrogens is 316 g/mol. The summed E-state index contributed by atoms with van der Waals surface area (Å²) in [7, 11) is 0. The van der Waals surface area contributed by atoms with Crippen molar-refractivity contribution >= 4 is 17.5 Å². The van der Waals surface area contributed by atoms with Gasteiger partial charge in [0.15, 0.2) is 0 Å². The Morgan fingerprint density at radius 3 is 2.64 bits per heavy atom.